The Kier molecular flexibility index (Phi) is 3.17. The summed E-state index contributed by atoms with van der Waals surface area (Å²) in [6.45, 7) is 0.543. The molecule has 0 spiro atoms. The minimum atomic E-state index is -1.10. The number of amides is 1. The van der Waals surface area contributed by atoms with Crippen molar-refractivity contribution < 1.29 is 14.7 Å². The summed E-state index contributed by atoms with van der Waals surface area (Å²) in [6, 6.07) is 0.109. The molecular weight excluding hydrogens is 224 g/mol. The number of carbonyl (C=O) groups excluding carboxylic acids is 1. The summed E-state index contributed by atoms with van der Waals surface area (Å²) in [5, 5.41) is 14.5. The van der Waals surface area contributed by atoms with E-state index in [0.717, 1.165) is 6.42 Å². The Balaban J connectivity index is 1.95. The SMILES string of the molecule is O=C1CCC(Nc2cnc(C(=O)O)cn2)CN1. The highest BCUT2D eigenvalue weighted by Gasteiger charge is 2.18. The van der Waals surface area contributed by atoms with Crippen LogP contribution in [-0.2, 0) is 4.79 Å². The van der Waals surface area contributed by atoms with Gasteiger partial charge in [0, 0.05) is 19.0 Å². The predicted octanol–water partition coefficient (Wildman–Crippen LogP) is -0.135. The van der Waals surface area contributed by atoms with Crippen LogP contribution in [0.1, 0.15) is 23.3 Å². The molecule has 90 valence electrons. The molecule has 0 radical (unpaired) electrons. The van der Waals surface area contributed by atoms with Crippen LogP contribution >= 0.6 is 0 Å². The monoisotopic (exact) mass is 236 g/mol. The average Bonchev–Trinajstić information content (AvgIpc) is 2.33. The van der Waals surface area contributed by atoms with Crippen molar-refractivity contribution in [3.05, 3.63) is 18.1 Å². The second-order valence-corrected chi connectivity index (χ2v) is 3.78. The molecule has 1 unspecified atom stereocenters. The van der Waals surface area contributed by atoms with E-state index in [0.29, 0.717) is 18.8 Å². The van der Waals surface area contributed by atoms with Crippen molar-refractivity contribution in [1.82, 2.24) is 15.3 Å². The Morgan fingerprint density at radius 3 is 2.82 bits per heavy atom. The molecule has 1 aliphatic heterocycles. The maximum Gasteiger partial charge on any atom is 0.356 e. The van der Waals surface area contributed by atoms with E-state index in [1.165, 1.54) is 12.4 Å². The van der Waals surface area contributed by atoms with Crippen molar-refractivity contribution >= 4 is 17.7 Å². The quantitative estimate of drug-likeness (QED) is 0.675. The van der Waals surface area contributed by atoms with Gasteiger partial charge < -0.3 is 15.7 Å². The van der Waals surface area contributed by atoms with Gasteiger partial charge in [-0.25, -0.2) is 14.8 Å². The van der Waals surface area contributed by atoms with E-state index in [4.69, 9.17) is 5.11 Å². The van der Waals surface area contributed by atoms with E-state index < -0.39 is 5.97 Å². The number of aromatic carboxylic acids is 1. The first-order valence-corrected chi connectivity index (χ1v) is 5.24. The normalized spacial score (nSPS) is 19.5. The van der Waals surface area contributed by atoms with E-state index in [-0.39, 0.29) is 17.6 Å². The van der Waals surface area contributed by atoms with Crippen LogP contribution in [0.15, 0.2) is 12.4 Å². The van der Waals surface area contributed by atoms with Crippen LogP contribution in [0.25, 0.3) is 0 Å². The first kappa shape index (κ1) is 11.3. The number of hydrogen-bond acceptors (Lipinski definition) is 5. The maximum atomic E-state index is 10.9. The van der Waals surface area contributed by atoms with Crippen molar-refractivity contribution in [1.29, 1.82) is 0 Å². The Morgan fingerprint density at radius 2 is 2.29 bits per heavy atom. The molecule has 7 nitrogen and oxygen atoms in total. The highest BCUT2D eigenvalue weighted by atomic mass is 16.4. The van der Waals surface area contributed by atoms with Gasteiger partial charge in [0.1, 0.15) is 5.82 Å². The molecule has 3 N–H and O–H groups in total. The lowest BCUT2D eigenvalue weighted by Gasteiger charge is -2.23. The average molecular weight is 236 g/mol. The Morgan fingerprint density at radius 1 is 1.47 bits per heavy atom. The summed E-state index contributed by atoms with van der Waals surface area (Å²) in [6.07, 6.45) is 3.79. The maximum absolute atomic E-state index is 10.9. The second-order valence-electron chi connectivity index (χ2n) is 3.78. The Labute approximate surface area is 97.3 Å². The highest BCUT2D eigenvalue weighted by Crippen LogP contribution is 2.09. The van der Waals surface area contributed by atoms with Gasteiger partial charge in [-0.2, -0.15) is 0 Å². The van der Waals surface area contributed by atoms with Crippen LogP contribution in [0.4, 0.5) is 5.82 Å². The van der Waals surface area contributed by atoms with E-state index in [1.807, 2.05) is 0 Å². The van der Waals surface area contributed by atoms with Crippen LogP contribution < -0.4 is 10.6 Å². The topological polar surface area (TPSA) is 104 Å². The number of rotatable bonds is 3. The highest BCUT2D eigenvalue weighted by molar-refractivity contribution is 5.84. The predicted molar refractivity (Wildman–Crippen MR) is 58.6 cm³/mol. The fraction of sp³-hybridized carbons (Fsp3) is 0.400. The van der Waals surface area contributed by atoms with Gasteiger partial charge in [0.15, 0.2) is 5.69 Å². The number of carboxylic acids is 1. The molecule has 1 saturated heterocycles. The summed E-state index contributed by atoms with van der Waals surface area (Å²) >= 11 is 0. The summed E-state index contributed by atoms with van der Waals surface area (Å²) in [4.78, 5) is 29.2. The smallest absolute Gasteiger partial charge is 0.356 e. The first-order valence-electron chi connectivity index (χ1n) is 5.24. The van der Waals surface area contributed by atoms with Gasteiger partial charge in [-0.05, 0) is 6.42 Å². The minimum absolute atomic E-state index is 0.0513. The van der Waals surface area contributed by atoms with Gasteiger partial charge in [0.05, 0.1) is 12.4 Å². The van der Waals surface area contributed by atoms with Gasteiger partial charge in [-0.15, -0.1) is 0 Å². The number of hydrogen-bond donors (Lipinski definition) is 3. The molecule has 1 aromatic heterocycles. The van der Waals surface area contributed by atoms with Crippen molar-refractivity contribution in [2.45, 2.75) is 18.9 Å². The standard InChI is InChI=1S/C10H12N4O3/c15-9-2-1-6(3-13-9)14-8-5-11-7(4-12-8)10(16)17/h4-6H,1-3H2,(H,12,14)(H,13,15)(H,16,17). The second kappa shape index (κ2) is 4.77. The zero-order chi connectivity index (χ0) is 12.3. The van der Waals surface area contributed by atoms with Gasteiger partial charge in [0.25, 0.3) is 0 Å². The van der Waals surface area contributed by atoms with Crippen LogP contribution in [0.5, 0.6) is 0 Å². The molecule has 17 heavy (non-hydrogen) atoms. The molecule has 1 fully saturated rings. The van der Waals surface area contributed by atoms with Crippen LogP contribution in [-0.4, -0.2) is 39.5 Å². The lowest BCUT2D eigenvalue weighted by molar-refractivity contribution is -0.122. The van der Waals surface area contributed by atoms with E-state index >= 15 is 0 Å². The largest absolute Gasteiger partial charge is 0.476 e. The summed E-state index contributed by atoms with van der Waals surface area (Å²) < 4.78 is 0. The van der Waals surface area contributed by atoms with Crippen molar-refractivity contribution in [2.24, 2.45) is 0 Å². The summed E-state index contributed by atoms with van der Waals surface area (Å²) in [7, 11) is 0. The molecule has 2 rings (SSSR count). The van der Waals surface area contributed by atoms with Gasteiger partial charge in [-0.3, -0.25) is 4.79 Å². The van der Waals surface area contributed by atoms with Gasteiger partial charge >= 0.3 is 5.97 Å². The van der Waals surface area contributed by atoms with Crippen molar-refractivity contribution in [3.8, 4) is 0 Å². The van der Waals surface area contributed by atoms with Gasteiger partial charge in [-0.1, -0.05) is 0 Å². The van der Waals surface area contributed by atoms with Gasteiger partial charge in [0.2, 0.25) is 5.91 Å². The molecule has 1 atom stereocenters. The van der Waals surface area contributed by atoms with E-state index in [2.05, 4.69) is 20.6 Å². The third-order valence-corrected chi connectivity index (χ3v) is 2.49. The van der Waals surface area contributed by atoms with Crippen LogP contribution in [0, 0.1) is 0 Å². The third-order valence-electron chi connectivity index (χ3n) is 2.49. The lowest BCUT2D eigenvalue weighted by atomic mass is 10.1. The number of piperidine rings is 1. The number of carboxylic acid groups (broad SMARTS) is 1. The molecule has 1 aromatic rings. The zero-order valence-corrected chi connectivity index (χ0v) is 9.01. The molecule has 0 aromatic carbocycles. The van der Waals surface area contributed by atoms with E-state index in [9.17, 15) is 9.59 Å². The Bertz CT molecular complexity index is 422. The summed E-state index contributed by atoms with van der Waals surface area (Å²) in [5.41, 5.74) is -0.0903. The van der Waals surface area contributed by atoms with Crippen molar-refractivity contribution in [3.63, 3.8) is 0 Å². The van der Waals surface area contributed by atoms with Crippen LogP contribution in [0.3, 0.4) is 0 Å². The number of aromatic nitrogens is 2. The number of nitrogens with one attached hydrogen (secondary N) is 2. The minimum Gasteiger partial charge on any atom is -0.476 e. The fourth-order valence-electron chi connectivity index (χ4n) is 1.58. The molecule has 7 heteroatoms. The molecular formula is C10H12N4O3. The third kappa shape index (κ3) is 2.90. The molecule has 1 aliphatic rings. The fourth-order valence-corrected chi connectivity index (χ4v) is 1.58. The van der Waals surface area contributed by atoms with Crippen molar-refractivity contribution in [2.75, 3.05) is 11.9 Å². The molecule has 2 heterocycles. The molecule has 1 amide bonds. The summed E-state index contributed by atoms with van der Waals surface area (Å²) in [5.74, 6) is -0.541. The molecule has 0 saturated carbocycles. The lowest BCUT2D eigenvalue weighted by Crippen LogP contribution is -2.42. The van der Waals surface area contributed by atoms with Crippen LogP contribution in [0.2, 0.25) is 0 Å². The molecule has 0 aliphatic carbocycles. The molecule has 0 bridgehead atoms. The zero-order valence-electron chi connectivity index (χ0n) is 9.01. The number of carbonyl (C=O) groups is 2. The first-order chi connectivity index (χ1) is 8.15. The van der Waals surface area contributed by atoms with E-state index in [1.54, 1.807) is 0 Å². The number of nitrogens with zero attached hydrogens (tertiary/aromatic N) is 2. The Hall–Kier alpha value is -2.18. The number of anilines is 1.